The third kappa shape index (κ3) is 4.19. The van der Waals surface area contributed by atoms with Crippen molar-refractivity contribution in [3.8, 4) is 5.69 Å². The molecule has 1 aliphatic heterocycles. The summed E-state index contributed by atoms with van der Waals surface area (Å²) in [6.45, 7) is 2.72. The number of nitrogens with zero attached hydrogens (tertiary/aromatic N) is 5. The zero-order chi connectivity index (χ0) is 22.9. The average Bonchev–Trinajstić information content (AvgIpc) is 3.24. The predicted molar refractivity (Wildman–Crippen MR) is 127 cm³/mol. The fraction of sp³-hybridized carbons (Fsp3) is 0.217. The van der Waals surface area contributed by atoms with E-state index in [1.165, 1.54) is 17.1 Å². The smallest absolute Gasteiger partial charge is 0.229 e. The van der Waals surface area contributed by atoms with E-state index in [4.69, 9.17) is 9.72 Å². The number of fused-ring (bicyclic) bond motifs is 1. The summed E-state index contributed by atoms with van der Waals surface area (Å²) in [5, 5.41) is 10.3. The van der Waals surface area contributed by atoms with Crippen LogP contribution in [-0.2, 0) is 11.3 Å². The van der Waals surface area contributed by atoms with E-state index in [1.807, 2.05) is 19.2 Å². The number of benzene rings is 2. The highest BCUT2D eigenvalue weighted by molar-refractivity contribution is 9.10. The lowest BCUT2D eigenvalue weighted by molar-refractivity contribution is 0.0979. The van der Waals surface area contributed by atoms with E-state index in [2.05, 4.69) is 53.8 Å². The Hall–Kier alpha value is -3.37. The van der Waals surface area contributed by atoms with Gasteiger partial charge in [-0.2, -0.15) is 10.1 Å². The molecule has 0 spiro atoms. The maximum Gasteiger partial charge on any atom is 0.229 e. The van der Waals surface area contributed by atoms with Crippen LogP contribution in [0.1, 0.15) is 28.6 Å². The molecular formula is C23H21BrFN7O. The number of nitrogens with one attached hydrogen (secondary N) is 2. The van der Waals surface area contributed by atoms with E-state index >= 15 is 0 Å². The summed E-state index contributed by atoms with van der Waals surface area (Å²) in [7, 11) is 1.81. The van der Waals surface area contributed by atoms with Crippen LogP contribution in [0.5, 0.6) is 0 Å². The zero-order valence-corrected chi connectivity index (χ0v) is 19.6. The lowest BCUT2D eigenvalue weighted by Gasteiger charge is -2.27. The van der Waals surface area contributed by atoms with Gasteiger partial charge in [0.15, 0.2) is 5.82 Å². The summed E-state index contributed by atoms with van der Waals surface area (Å²) >= 11 is 3.48. The quantitative estimate of drug-likeness (QED) is 0.402. The van der Waals surface area contributed by atoms with Crippen LogP contribution >= 0.6 is 15.9 Å². The number of ether oxygens (including phenoxy) is 1. The van der Waals surface area contributed by atoms with Crippen molar-refractivity contribution in [1.82, 2.24) is 24.7 Å². The summed E-state index contributed by atoms with van der Waals surface area (Å²) in [6.07, 6.45) is 1.40. The second-order valence-electron chi connectivity index (χ2n) is 7.64. The Bertz CT molecular complexity index is 1310. The van der Waals surface area contributed by atoms with Crippen molar-refractivity contribution in [2.24, 2.45) is 0 Å². The first kappa shape index (κ1) is 21.5. The molecule has 0 saturated carbocycles. The zero-order valence-electron chi connectivity index (χ0n) is 18.0. The second kappa shape index (κ2) is 8.87. The summed E-state index contributed by atoms with van der Waals surface area (Å²) in [5.41, 5.74) is 3.77. The Kier molecular flexibility index (Phi) is 5.77. The summed E-state index contributed by atoms with van der Waals surface area (Å²) in [4.78, 5) is 13.4. The van der Waals surface area contributed by atoms with Crippen molar-refractivity contribution in [2.45, 2.75) is 19.4 Å². The van der Waals surface area contributed by atoms with Crippen LogP contribution in [0.4, 0.5) is 21.8 Å². The molecule has 3 heterocycles. The molecule has 0 amide bonds. The third-order valence-electron chi connectivity index (χ3n) is 5.56. The maximum absolute atomic E-state index is 14.8. The van der Waals surface area contributed by atoms with Crippen molar-refractivity contribution < 1.29 is 9.13 Å². The molecule has 4 aromatic rings. The fourth-order valence-electron chi connectivity index (χ4n) is 3.92. The van der Waals surface area contributed by atoms with E-state index in [1.54, 1.807) is 19.1 Å². The molecule has 1 unspecified atom stereocenters. The van der Waals surface area contributed by atoms with E-state index in [0.717, 1.165) is 21.3 Å². The first-order chi connectivity index (χ1) is 16.0. The first-order valence-electron chi connectivity index (χ1n) is 10.4. The van der Waals surface area contributed by atoms with Gasteiger partial charge in [0.25, 0.3) is 0 Å². The van der Waals surface area contributed by atoms with Crippen molar-refractivity contribution in [3.63, 3.8) is 0 Å². The van der Waals surface area contributed by atoms with Crippen molar-refractivity contribution >= 4 is 33.4 Å². The molecule has 1 aliphatic rings. The largest absolute Gasteiger partial charge is 0.376 e. The van der Waals surface area contributed by atoms with Gasteiger partial charge in [-0.15, -0.1) is 0 Å². The van der Waals surface area contributed by atoms with Gasteiger partial charge < -0.3 is 15.4 Å². The van der Waals surface area contributed by atoms with Gasteiger partial charge >= 0.3 is 0 Å². The lowest BCUT2D eigenvalue weighted by Crippen LogP contribution is -2.22. The van der Waals surface area contributed by atoms with Crippen molar-refractivity contribution in [3.05, 3.63) is 81.7 Å². The van der Waals surface area contributed by atoms with Gasteiger partial charge in [-0.3, -0.25) is 0 Å². The summed E-state index contributed by atoms with van der Waals surface area (Å²) in [5.74, 6) is 1.20. The Morgan fingerprint density at radius 2 is 1.97 bits per heavy atom. The minimum atomic E-state index is -0.429. The molecule has 33 heavy (non-hydrogen) atoms. The molecular weight excluding hydrogens is 489 g/mol. The molecule has 0 bridgehead atoms. The van der Waals surface area contributed by atoms with Crippen LogP contribution in [0.15, 0.2) is 53.3 Å². The molecule has 5 rings (SSSR count). The molecule has 0 radical (unpaired) electrons. The molecule has 10 heteroatoms. The third-order valence-corrected chi connectivity index (χ3v) is 6.09. The second-order valence-corrected chi connectivity index (χ2v) is 8.55. The van der Waals surface area contributed by atoms with E-state index in [-0.39, 0.29) is 5.92 Å². The van der Waals surface area contributed by atoms with Crippen LogP contribution in [0.2, 0.25) is 0 Å². The topological polar surface area (TPSA) is 89.8 Å². The highest BCUT2D eigenvalue weighted by atomic mass is 79.9. The number of anilines is 3. The normalized spacial score (nSPS) is 15.2. The van der Waals surface area contributed by atoms with Crippen LogP contribution in [0, 0.1) is 12.7 Å². The minimum absolute atomic E-state index is 0.0353. The van der Waals surface area contributed by atoms with Crippen molar-refractivity contribution in [1.29, 1.82) is 0 Å². The SMILES string of the molecule is CNc1nc(Nc2ccc(-n3ncnc3C)c(F)c2)nc2c1COCC2c1ccc(Br)cc1. The van der Waals surface area contributed by atoms with Crippen LogP contribution in [0.3, 0.4) is 0 Å². The van der Waals surface area contributed by atoms with E-state index in [9.17, 15) is 4.39 Å². The van der Waals surface area contributed by atoms with Crippen LogP contribution in [0.25, 0.3) is 5.69 Å². The Morgan fingerprint density at radius 1 is 1.15 bits per heavy atom. The van der Waals surface area contributed by atoms with Gasteiger partial charge in [-0.25, -0.2) is 19.0 Å². The number of halogens is 2. The minimum Gasteiger partial charge on any atom is -0.376 e. The number of hydrogen-bond acceptors (Lipinski definition) is 7. The highest BCUT2D eigenvalue weighted by Crippen LogP contribution is 2.35. The summed E-state index contributed by atoms with van der Waals surface area (Å²) < 4.78 is 23.1. The molecule has 0 saturated heterocycles. The average molecular weight is 510 g/mol. The monoisotopic (exact) mass is 509 g/mol. The standard InChI is InChI=1S/C23H21BrFN7O/c1-13-27-12-28-32(13)20-8-7-16(9-19(20)25)29-23-30-21-17(14-3-5-15(24)6-4-14)10-33-11-18(21)22(26-2)31-23/h3-9,12,17H,10-11H2,1-2H3,(H2,26,29,30,31). The Balaban J connectivity index is 1.49. The number of rotatable bonds is 5. The predicted octanol–water partition coefficient (Wildman–Crippen LogP) is 4.71. The Labute approximate surface area is 198 Å². The molecule has 2 aromatic heterocycles. The van der Waals surface area contributed by atoms with Gasteiger partial charge in [-0.1, -0.05) is 28.1 Å². The molecule has 8 nitrogen and oxygen atoms in total. The van der Waals surface area contributed by atoms with Crippen LogP contribution in [-0.4, -0.2) is 38.4 Å². The lowest BCUT2D eigenvalue weighted by atomic mass is 9.91. The van der Waals surface area contributed by atoms with Crippen LogP contribution < -0.4 is 10.6 Å². The molecule has 1 atom stereocenters. The van der Waals surface area contributed by atoms with Crippen molar-refractivity contribution in [2.75, 3.05) is 24.3 Å². The molecule has 168 valence electrons. The first-order valence-corrected chi connectivity index (χ1v) is 11.2. The molecule has 0 fully saturated rings. The molecule has 2 N–H and O–H groups in total. The van der Waals surface area contributed by atoms with Gasteiger partial charge in [0.05, 0.1) is 24.8 Å². The number of aromatic nitrogens is 5. The van der Waals surface area contributed by atoms with Gasteiger partial charge in [0.1, 0.15) is 23.7 Å². The van der Waals surface area contributed by atoms with Gasteiger partial charge in [0.2, 0.25) is 5.95 Å². The van der Waals surface area contributed by atoms with E-state index in [0.29, 0.717) is 42.2 Å². The number of aryl methyl sites for hydroxylation is 1. The van der Waals surface area contributed by atoms with Gasteiger partial charge in [-0.05, 0) is 42.8 Å². The summed E-state index contributed by atoms with van der Waals surface area (Å²) in [6, 6.07) is 12.9. The highest BCUT2D eigenvalue weighted by Gasteiger charge is 2.28. The van der Waals surface area contributed by atoms with Gasteiger partial charge in [0, 0.05) is 22.8 Å². The molecule has 2 aromatic carbocycles. The maximum atomic E-state index is 14.8. The Morgan fingerprint density at radius 3 is 2.67 bits per heavy atom. The fourth-order valence-corrected chi connectivity index (χ4v) is 4.19. The van der Waals surface area contributed by atoms with E-state index < -0.39 is 5.82 Å². The molecule has 0 aliphatic carbocycles. The number of hydrogen-bond donors (Lipinski definition) is 2.